The van der Waals surface area contributed by atoms with Crippen molar-refractivity contribution in [2.24, 2.45) is 0 Å². The average Bonchev–Trinajstić information content (AvgIpc) is 3.16. The monoisotopic (exact) mass is 409 g/mol. The third-order valence-electron chi connectivity index (χ3n) is 5.16. The maximum absolute atomic E-state index is 12.9. The normalized spacial score (nSPS) is 14.8. The molecular formula is C21H23N5O4. The first-order chi connectivity index (χ1) is 14.5. The lowest BCUT2D eigenvalue weighted by atomic mass is 10.1. The quantitative estimate of drug-likeness (QED) is 0.459. The van der Waals surface area contributed by atoms with Crippen molar-refractivity contribution in [2.75, 3.05) is 32.8 Å². The molecule has 1 aromatic carbocycles. The lowest BCUT2D eigenvalue weighted by molar-refractivity contribution is -0.385. The van der Waals surface area contributed by atoms with E-state index in [2.05, 4.69) is 9.88 Å². The topological polar surface area (TPSA) is 93.2 Å². The van der Waals surface area contributed by atoms with Gasteiger partial charge in [-0.15, -0.1) is 0 Å². The van der Waals surface area contributed by atoms with Crippen molar-refractivity contribution in [3.63, 3.8) is 0 Å². The van der Waals surface area contributed by atoms with E-state index < -0.39 is 4.92 Å². The van der Waals surface area contributed by atoms with Crippen molar-refractivity contribution in [3.05, 3.63) is 70.2 Å². The molecule has 1 aliphatic heterocycles. The lowest BCUT2D eigenvalue weighted by Crippen LogP contribution is -2.48. The maximum Gasteiger partial charge on any atom is 0.311 e. The van der Waals surface area contributed by atoms with Crippen LogP contribution in [-0.4, -0.2) is 62.8 Å². The number of aromatic nitrogens is 2. The Morgan fingerprint density at radius 2 is 2.00 bits per heavy atom. The Bertz CT molecular complexity index is 1040. The number of piperazine rings is 1. The van der Waals surface area contributed by atoms with Gasteiger partial charge in [-0.25, -0.2) is 4.98 Å². The Kier molecular flexibility index (Phi) is 5.62. The number of pyridine rings is 1. The smallest absolute Gasteiger partial charge is 0.311 e. The summed E-state index contributed by atoms with van der Waals surface area (Å²) in [5.74, 6) is -0.0233. The van der Waals surface area contributed by atoms with Crippen LogP contribution in [0.5, 0.6) is 5.75 Å². The van der Waals surface area contributed by atoms with Crippen LogP contribution in [0.25, 0.3) is 5.65 Å². The number of carbonyl (C=O) groups is 1. The summed E-state index contributed by atoms with van der Waals surface area (Å²) in [5, 5.41) is 11.3. The summed E-state index contributed by atoms with van der Waals surface area (Å²) in [6.07, 6.45) is 3.99. The van der Waals surface area contributed by atoms with Crippen LogP contribution in [0, 0.1) is 10.1 Å². The van der Waals surface area contributed by atoms with Crippen LogP contribution < -0.4 is 4.74 Å². The maximum atomic E-state index is 12.9. The van der Waals surface area contributed by atoms with Crippen molar-refractivity contribution in [3.8, 4) is 5.75 Å². The van der Waals surface area contributed by atoms with E-state index >= 15 is 0 Å². The van der Waals surface area contributed by atoms with Gasteiger partial charge in [0, 0.05) is 56.7 Å². The van der Waals surface area contributed by atoms with Gasteiger partial charge in [0.1, 0.15) is 5.65 Å². The Hall–Kier alpha value is -3.46. The number of nitrogens with zero attached hydrogens (tertiary/aromatic N) is 5. The second-order valence-corrected chi connectivity index (χ2v) is 7.14. The first-order valence-electron chi connectivity index (χ1n) is 9.90. The molecule has 0 spiro atoms. The molecule has 9 nitrogen and oxygen atoms in total. The fourth-order valence-electron chi connectivity index (χ4n) is 3.65. The molecule has 0 atom stereocenters. The van der Waals surface area contributed by atoms with E-state index in [0.29, 0.717) is 25.3 Å². The molecule has 1 amide bonds. The van der Waals surface area contributed by atoms with Gasteiger partial charge in [0.2, 0.25) is 0 Å². The summed E-state index contributed by atoms with van der Waals surface area (Å²) in [5.41, 5.74) is 2.02. The van der Waals surface area contributed by atoms with Gasteiger partial charge in [0.05, 0.1) is 17.2 Å². The van der Waals surface area contributed by atoms with Crippen molar-refractivity contribution in [1.82, 2.24) is 19.2 Å². The molecule has 0 unspecified atom stereocenters. The van der Waals surface area contributed by atoms with Gasteiger partial charge in [0.15, 0.2) is 5.75 Å². The number of hydrogen-bond acceptors (Lipinski definition) is 6. The van der Waals surface area contributed by atoms with Gasteiger partial charge in [-0.05, 0) is 31.2 Å². The zero-order valence-corrected chi connectivity index (χ0v) is 16.7. The van der Waals surface area contributed by atoms with E-state index in [1.807, 2.05) is 35.0 Å². The van der Waals surface area contributed by atoms with Crippen LogP contribution in [-0.2, 0) is 6.54 Å². The molecule has 1 aliphatic rings. The first-order valence-corrected chi connectivity index (χ1v) is 9.90. The number of benzene rings is 1. The third-order valence-corrected chi connectivity index (χ3v) is 5.16. The molecule has 0 saturated carbocycles. The zero-order chi connectivity index (χ0) is 21.1. The molecule has 9 heteroatoms. The molecule has 156 valence electrons. The highest BCUT2D eigenvalue weighted by molar-refractivity contribution is 5.95. The Labute approximate surface area is 173 Å². The van der Waals surface area contributed by atoms with E-state index in [-0.39, 0.29) is 17.3 Å². The van der Waals surface area contributed by atoms with E-state index in [9.17, 15) is 14.9 Å². The van der Waals surface area contributed by atoms with Crippen LogP contribution in [0.1, 0.15) is 23.0 Å². The van der Waals surface area contributed by atoms with E-state index in [4.69, 9.17) is 4.74 Å². The van der Waals surface area contributed by atoms with Crippen LogP contribution >= 0.6 is 0 Å². The van der Waals surface area contributed by atoms with Crippen molar-refractivity contribution in [2.45, 2.75) is 13.5 Å². The van der Waals surface area contributed by atoms with Gasteiger partial charge in [-0.3, -0.25) is 19.8 Å². The van der Waals surface area contributed by atoms with Crippen molar-refractivity contribution in [1.29, 1.82) is 0 Å². The summed E-state index contributed by atoms with van der Waals surface area (Å²) < 4.78 is 7.28. The predicted octanol–water partition coefficient (Wildman–Crippen LogP) is 2.60. The van der Waals surface area contributed by atoms with Gasteiger partial charge < -0.3 is 14.0 Å². The molecule has 1 fully saturated rings. The second kappa shape index (κ2) is 8.50. The Morgan fingerprint density at radius 3 is 2.70 bits per heavy atom. The SMILES string of the molecule is CCOc1ccc(C(=O)N2CCN(Cc3cn4ccccc4n3)CC2)cc1[N+](=O)[O-]. The molecule has 0 aliphatic carbocycles. The first kappa shape index (κ1) is 19.8. The molecule has 0 N–H and O–H groups in total. The summed E-state index contributed by atoms with van der Waals surface area (Å²) >= 11 is 0. The third kappa shape index (κ3) is 4.11. The minimum Gasteiger partial charge on any atom is -0.487 e. The van der Waals surface area contributed by atoms with Gasteiger partial charge in [-0.1, -0.05) is 6.07 Å². The van der Waals surface area contributed by atoms with Gasteiger partial charge in [-0.2, -0.15) is 0 Å². The van der Waals surface area contributed by atoms with Gasteiger partial charge >= 0.3 is 5.69 Å². The fourth-order valence-corrected chi connectivity index (χ4v) is 3.65. The minimum atomic E-state index is -0.519. The molecule has 3 aromatic rings. The number of fused-ring (bicyclic) bond motifs is 1. The summed E-state index contributed by atoms with van der Waals surface area (Å²) in [7, 11) is 0. The molecule has 4 rings (SSSR count). The van der Waals surface area contributed by atoms with Crippen LogP contribution in [0.3, 0.4) is 0 Å². The number of imidazole rings is 1. The number of amides is 1. The van der Waals surface area contributed by atoms with Crippen LogP contribution in [0.4, 0.5) is 5.69 Å². The summed E-state index contributed by atoms with van der Waals surface area (Å²) in [6, 6.07) is 10.3. The fraction of sp³-hybridized carbons (Fsp3) is 0.333. The second-order valence-electron chi connectivity index (χ2n) is 7.14. The molecule has 30 heavy (non-hydrogen) atoms. The van der Waals surface area contributed by atoms with Crippen LogP contribution in [0.15, 0.2) is 48.8 Å². The number of ether oxygens (including phenoxy) is 1. The molecule has 1 saturated heterocycles. The standard InChI is InChI=1S/C21H23N5O4/c1-2-30-19-7-6-16(13-18(19)26(28)29)21(27)24-11-9-23(10-12-24)14-17-15-25-8-4-3-5-20(25)22-17/h3-8,13,15H,2,9-12,14H2,1H3. The minimum absolute atomic E-state index is 0.177. The van der Waals surface area contributed by atoms with Crippen molar-refractivity contribution >= 4 is 17.2 Å². The number of nitro groups is 1. The molecule has 3 heterocycles. The average molecular weight is 409 g/mol. The number of rotatable bonds is 6. The molecule has 0 bridgehead atoms. The largest absolute Gasteiger partial charge is 0.487 e. The van der Waals surface area contributed by atoms with Gasteiger partial charge in [0.25, 0.3) is 5.91 Å². The molecule has 2 aromatic heterocycles. The Morgan fingerprint density at radius 1 is 1.20 bits per heavy atom. The lowest BCUT2D eigenvalue weighted by Gasteiger charge is -2.34. The summed E-state index contributed by atoms with van der Waals surface area (Å²) in [6.45, 7) is 5.37. The highest BCUT2D eigenvalue weighted by Gasteiger charge is 2.25. The van der Waals surface area contributed by atoms with Crippen molar-refractivity contribution < 1.29 is 14.5 Å². The van der Waals surface area contributed by atoms with Crippen LogP contribution in [0.2, 0.25) is 0 Å². The zero-order valence-electron chi connectivity index (χ0n) is 16.7. The Balaban J connectivity index is 1.39. The highest BCUT2D eigenvalue weighted by Crippen LogP contribution is 2.28. The van der Waals surface area contributed by atoms with E-state index in [0.717, 1.165) is 31.0 Å². The number of nitro benzene ring substituents is 1. The van der Waals surface area contributed by atoms with E-state index in [1.54, 1.807) is 17.9 Å². The number of hydrogen-bond donors (Lipinski definition) is 0. The predicted molar refractivity (Wildman–Crippen MR) is 111 cm³/mol. The highest BCUT2D eigenvalue weighted by atomic mass is 16.6. The molecular weight excluding hydrogens is 386 g/mol. The molecule has 0 radical (unpaired) electrons. The number of carbonyl (C=O) groups excluding carboxylic acids is 1. The summed E-state index contributed by atoms with van der Waals surface area (Å²) in [4.78, 5) is 32.3. The van der Waals surface area contributed by atoms with E-state index in [1.165, 1.54) is 12.1 Å².